The summed E-state index contributed by atoms with van der Waals surface area (Å²) in [5.41, 5.74) is 2.64. The minimum absolute atomic E-state index is 0.0112. The minimum atomic E-state index is -0.427. The van der Waals surface area contributed by atoms with Gasteiger partial charge in [-0.2, -0.15) is 0 Å². The Morgan fingerprint density at radius 1 is 0.964 bits per heavy atom. The number of ether oxygens (including phenoxy) is 2. The molecule has 0 aliphatic carbocycles. The van der Waals surface area contributed by atoms with Gasteiger partial charge in [-0.05, 0) is 44.3 Å². The van der Waals surface area contributed by atoms with Crippen molar-refractivity contribution in [1.82, 2.24) is 9.88 Å². The lowest BCUT2D eigenvalue weighted by molar-refractivity contribution is -0.134. The number of hydrogen-bond acceptors (Lipinski definition) is 5. The Balaban J connectivity index is 1.80. The first-order valence-electron chi connectivity index (χ1n) is 9.14. The van der Waals surface area contributed by atoms with Gasteiger partial charge in [-0.15, -0.1) is 0 Å². The fourth-order valence-electron chi connectivity index (χ4n) is 3.06. The number of para-hydroxylation sites is 1. The van der Waals surface area contributed by atoms with Gasteiger partial charge in [-0.3, -0.25) is 9.59 Å². The number of fused-ring (bicyclic) bond motifs is 1. The second kappa shape index (κ2) is 8.71. The molecule has 0 saturated heterocycles. The molecule has 0 fully saturated rings. The Hall–Kier alpha value is -3.12. The molecule has 0 unspecified atom stereocenters. The number of likely N-dealkylation sites (N-methyl/N-ethyl adjacent to an activating group) is 1. The third-order valence-corrected chi connectivity index (χ3v) is 4.36. The molecule has 3 rings (SSSR count). The summed E-state index contributed by atoms with van der Waals surface area (Å²) in [5, 5.41) is 0.922. The molecule has 0 amide bonds. The van der Waals surface area contributed by atoms with E-state index in [-0.39, 0.29) is 6.42 Å². The quantitative estimate of drug-likeness (QED) is 0.503. The molecule has 0 bridgehead atoms. The molecule has 0 radical (unpaired) electrons. The topological polar surface area (TPSA) is 71.6 Å². The van der Waals surface area contributed by atoms with E-state index in [1.807, 2.05) is 32.4 Å². The summed E-state index contributed by atoms with van der Waals surface area (Å²) < 4.78 is 10.9. The number of benzene rings is 2. The van der Waals surface area contributed by atoms with Gasteiger partial charge in [-0.25, -0.2) is 0 Å². The van der Waals surface area contributed by atoms with Crippen molar-refractivity contribution in [1.29, 1.82) is 0 Å². The number of hydrogen-bond donors (Lipinski definition) is 1. The van der Waals surface area contributed by atoms with E-state index in [1.165, 1.54) is 6.92 Å². The zero-order valence-electron chi connectivity index (χ0n) is 16.3. The monoisotopic (exact) mass is 380 g/mol. The number of nitrogens with one attached hydrogen (secondary N) is 1. The van der Waals surface area contributed by atoms with E-state index in [4.69, 9.17) is 9.47 Å². The van der Waals surface area contributed by atoms with Crippen LogP contribution in [-0.4, -0.2) is 42.5 Å². The van der Waals surface area contributed by atoms with Crippen LogP contribution >= 0.6 is 0 Å². The maximum Gasteiger partial charge on any atom is 0.315 e. The zero-order chi connectivity index (χ0) is 20.1. The van der Waals surface area contributed by atoms with E-state index >= 15 is 0 Å². The van der Waals surface area contributed by atoms with Crippen molar-refractivity contribution in [2.45, 2.75) is 19.8 Å². The Labute approximate surface area is 164 Å². The third kappa shape index (κ3) is 4.78. The fourth-order valence-corrected chi connectivity index (χ4v) is 3.06. The number of nitrogens with zero attached hydrogens (tertiary/aromatic N) is 1. The largest absolute Gasteiger partial charge is 0.426 e. The highest BCUT2D eigenvalue weighted by Crippen LogP contribution is 2.30. The molecule has 6 nitrogen and oxygen atoms in total. The highest BCUT2D eigenvalue weighted by atomic mass is 16.5. The van der Waals surface area contributed by atoms with Crippen LogP contribution in [0, 0.1) is 0 Å². The molecule has 1 heterocycles. The molecule has 1 aromatic heterocycles. The van der Waals surface area contributed by atoms with Gasteiger partial charge in [0.15, 0.2) is 0 Å². The Morgan fingerprint density at radius 3 is 2.46 bits per heavy atom. The molecule has 146 valence electrons. The summed E-state index contributed by atoms with van der Waals surface area (Å²) in [6.45, 7) is 2.22. The highest BCUT2D eigenvalue weighted by Gasteiger charge is 2.16. The van der Waals surface area contributed by atoms with Crippen molar-refractivity contribution in [2.24, 2.45) is 0 Å². The van der Waals surface area contributed by atoms with Crippen molar-refractivity contribution in [3.05, 3.63) is 59.8 Å². The molecule has 28 heavy (non-hydrogen) atoms. The lowest BCUT2D eigenvalue weighted by Crippen LogP contribution is -2.15. The molecule has 2 aromatic carbocycles. The van der Waals surface area contributed by atoms with Crippen molar-refractivity contribution < 1.29 is 19.1 Å². The molecule has 0 aliphatic rings. The number of carbonyl (C=O) groups excluding carboxylic acids is 2. The van der Waals surface area contributed by atoms with Crippen LogP contribution in [0.5, 0.6) is 11.5 Å². The Bertz CT molecular complexity index is 991. The standard InChI is InChI=1S/C22H24N2O4/c1-15(25)27-19-9-5-4-7-16(19)13-21(26)28-20-10-6-8-18-22(20)17(14-23-18)11-12-24(2)3/h4-10,14,23H,11-13H2,1-3H3. The molecule has 0 atom stereocenters. The maximum atomic E-state index is 12.6. The summed E-state index contributed by atoms with van der Waals surface area (Å²) in [6, 6.07) is 12.6. The smallest absolute Gasteiger partial charge is 0.315 e. The molecule has 0 saturated carbocycles. The van der Waals surface area contributed by atoms with Gasteiger partial charge in [-0.1, -0.05) is 24.3 Å². The van der Waals surface area contributed by atoms with Crippen molar-refractivity contribution in [2.75, 3.05) is 20.6 Å². The van der Waals surface area contributed by atoms with Crippen molar-refractivity contribution in [3.8, 4) is 11.5 Å². The first-order chi connectivity index (χ1) is 13.4. The van der Waals surface area contributed by atoms with Crippen molar-refractivity contribution in [3.63, 3.8) is 0 Å². The second-order valence-electron chi connectivity index (χ2n) is 6.90. The SMILES string of the molecule is CC(=O)Oc1ccccc1CC(=O)Oc1cccc2[nH]cc(CCN(C)C)c12. The number of aromatic nitrogens is 1. The van der Waals surface area contributed by atoms with Gasteiger partial charge in [0.1, 0.15) is 11.5 Å². The number of esters is 2. The second-order valence-corrected chi connectivity index (χ2v) is 6.90. The highest BCUT2D eigenvalue weighted by molar-refractivity contribution is 5.91. The third-order valence-electron chi connectivity index (χ3n) is 4.36. The van der Waals surface area contributed by atoms with E-state index in [0.29, 0.717) is 17.1 Å². The van der Waals surface area contributed by atoms with Gasteiger partial charge in [0, 0.05) is 36.1 Å². The number of H-pyrrole nitrogens is 1. The molecular weight excluding hydrogens is 356 g/mol. The van der Waals surface area contributed by atoms with Crippen LogP contribution in [0.25, 0.3) is 10.9 Å². The average molecular weight is 380 g/mol. The minimum Gasteiger partial charge on any atom is -0.426 e. The predicted octanol–water partition coefficient (Wildman–Crippen LogP) is 3.35. The van der Waals surface area contributed by atoms with Gasteiger partial charge in [0.2, 0.25) is 0 Å². The molecule has 3 aromatic rings. The van der Waals surface area contributed by atoms with Crippen LogP contribution in [0.3, 0.4) is 0 Å². The molecule has 0 spiro atoms. The average Bonchev–Trinajstić information content (AvgIpc) is 3.05. The van der Waals surface area contributed by atoms with Crippen LogP contribution in [0.1, 0.15) is 18.1 Å². The number of aromatic amines is 1. The van der Waals surface area contributed by atoms with Crippen LogP contribution in [0.4, 0.5) is 0 Å². The lowest BCUT2D eigenvalue weighted by Gasteiger charge is -2.11. The molecule has 1 N–H and O–H groups in total. The fraction of sp³-hybridized carbons (Fsp3) is 0.273. The van der Waals surface area contributed by atoms with E-state index in [2.05, 4.69) is 9.88 Å². The summed E-state index contributed by atoms with van der Waals surface area (Å²) in [4.78, 5) is 29.2. The first-order valence-corrected chi connectivity index (χ1v) is 9.14. The first kappa shape index (κ1) is 19.6. The van der Waals surface area contributed by atoms with E-state index in [1.54, 1.807) is 30.3 Å². The Morgan fingerprint density at radius 2 is 1.71 bits per heavy atom. The normalized spacial score (nSPS) is 11.0. The van der Waals surface area contributed by atoms with Crippen LogP contribution in [0.15, 0.2) is 48.7 Å². The van der Waals surface area contributed by atoms with Crippen LogP contribution in [-0.2, 0) is 22.4 Å². The molecular formula is C22H24N2O4. The summed E-state index contributed by atoms with van der Waals surface area (Å²) in [5.74, 6) is 0.0660. The summed E-state index contributed by atoms with van der Waals surface area (Å²) in [6.07, 6.45) is 2.82. The molecule has 0 aliphatic heterocycles. The zero-order valence-corrected chi connectivity index (χ0v) is 16.3. The van der Waals surface area contributed by atoms with E-state index in [9.17, 15) is 9.59 Å². The number of carbonyl (C=O) groups is 2. The molecule has 6 heteroatoms. The predicted molar refractivity (Wildman–Crippen MR) is 108 cm³/mol. The van der Waals surface area contributed by atoms with Crippen LogP contribution in [0.2, 0.25) is 0 Å². The Kier molecular flexibility index (Phi) is 6.11. The van der Waals surface area contributed by atoms with Crippen molar-refractivity contribution >= 4 is 22.8 Å². The van der Waals surface area contributed by atoms with Gasteiger partial charge >= 0.3 is 11.9 Å². The van der Waals surface area contributed by atoms with E-state index < -0.39 is 11.9 Å². The summed E-state index contributed by atoms with van der Waals surface area (Å²) in [7, 11) is 4.05. The maximum absolute atomic E-state index is 12.6. The van der Waals surface area contributed by atoms with E-state index in [0.717, 1.165) is 29.4 Å². The summed E-state index contributed by atoms with van der Waals surface area (Å²) >= 11 is 0. The van der Waals surface area contributed by atoms with Crippen LogP contribution < -0.4 is 9.47 Å². The van der Waals surface area contributed by atoms with Gasteiger partial charge in [0.05, 0.1) is 6.42 Å². The van der Waals surface area contributed by atoms with Gasteiger partial charge < -0.3 is 19.4 Å². The number of rotatable bonds is 7. The van der Waals surface area contributed by atoms with Gasteiger partial charge in [0.25, 0.3) is 0 Å². The lowest BCUT2D eigenvalue weighted by atomic mass is 10.1.